The molecule has 0 aromatic heterocycles. The summed E-state index contributed by atoms with van der Waals surface area (Å²) in [7, 11) is 1.34. The molecule has 0 unspecified atom stereocenters. The minimum atomic E-state index is -0.825. The van der Waals surface area contributed by atoms with E-state index in [4.69, 9.17) is 21.1 Å². The first-order valence-corrected chi connectivity index (χ1v) is 8.56. The molecule has 25 heavy (non-hydrogen) atoms. The van der Waals surface area contributed by atoms with Gasteiger partial charge in [-0.3, -0.25) is 9.59 Å². The maximum absolute atomic E-state index is 13.3. The van der Waals surface area contributed by atoms with E-state index < -0.39 is 29.5 Å². The molecule has 130 valence electrons. The fourth-order valence-corrected chi connectivity index (χ4v) is 4.54. The summed E-state index contributed by atoms with van der Waals surface area (Å²) in [4.78, 5) is 27.3. The lowest BCUT2D eigenvalue weighted by Crippen LogP contribution is -2.45. The number of carbonyl (C=O) groups is 2. The van der Waals surface area contributed by atoms with Crippen molar-refractivity contribution in [3.8, 4) is 0 Å². The van der Waals surface area contributed by atoms with Crippen molar-refractivity contribution < 1.29 is 19.1 Å². The number of hydrogen-bond acceptors (Lipinski definition) is 4. The van der Waals surface area contributed by atoms with Gasteiger partial charge < -0.3 is 14.4 Å². The molecular formula is C19H18ClNO4. The van der Waals surface area contributed by atoms with Crippen LogP contribution in [0.3, 0.4) is 0 Å². The third-order valence-corrected chi connectivity index (χ3v) is 5.64. The van der Waals surface area contributed by atoms with Crippen LogP contribution < -0.4 is 4.90 Å². The number of rotatable bonds is 4. The summed E-state index contributed by atoms with van der Waals surface area (Å²) >= 11 is 5.98. The van der Waals surface area contributed by atoms with E-state index >= 15 is 0 Å². The molecule has 1 aromatic rings. The van der Waals surface area contributed by atoms with E-state index in [1.54, 1.807) is 35.2 Å². The fraction of sp³-hybridized carbons (Fsp3) is 0.368. The van der Waals surface area contributed by atoms with Gasteiger partial charge in [0.05, 0.1) is 25.2 Å². The largest absolute Gasteiger partial charge is 0.469 e. The molecule has 0 radical (unpaired) electrons. The van der Waals surface area contributed by atoms with Gasteiger partial charge in [-0.25, -0.2) is 0 Å². The number of benzene rings is 1. The lowest BCUT2D eigenvalue weighted by atomic mass is 9.74. The Labute approximate surface area is 150 Å². The summed E-state index contributed by atoms with van der Waals surface area (Å²) < 4.78 is 11.1. The number of methoxy groups -OCH3 is 1. The number of hydrogen-bond donors (Lipinski definition) is 0. The van der Waals surface area contributed by atoms with Gasteiger partial charge >= 0.3 is 5.97 Å². The van der Waals surface area contributed by atoms with E-state index in [0.717, 1.165) is 5.69 Å². The van der Waals surface area contributed by atoms with Crippen LogP contribution in [-0.2, 0) is 19.1 Å². The Balaban J connectivity index is 1.81. The van der Waals surface area contributed by atoms with Crippen molar-refractivity contribution >= 4 is 29.2 Å². The standard InChI is InChI=1S/C19H18ClNO4/c1-3-4-14-19-10-9-13(25-19)15(18(23)24-2)16(19)17(22)21(14)12-7-5-11(20)6-8-12/h3,5-10,13-16H,1,4H2,2H3/t13-,14+,15-,16+,19+/m0/s1. The summed E-state index contributed by atoms with van der Waals surface area (Å²) in [6, 6.07) is 6.83. The second-order valence-electron chi connectivity index (χ2n) is 6.55. The zero-order valence-electron chi connectivity index (χ0n) is 13.7. The number of esters is 1. The first-order chi connectivity index (χ1) is 12.0. The number of nitrogens with zero attached hydrogens (tertiary/aromatic N) is 1. The fourth-order valence-electron chi connectivity index (χ4n) is 4.41. The average Bonchev–Trinajstić information content (AvgIpc) is 3.25. The van der Waals surface area contributed by atoms with Gasteiger partial charge in [0.15, 0.2) is 0 Å². The number of ether oxygens (including phenoxy) is 2. The number of fused-ring (bicyclic) bond motifs is 1. The summed E-state index contributed by atoms with van der Waals surface area (Å²) in [5, 5.41) is 0.596. The molecule has 1 amide bonds. The van der Waals surface area contributed by atoms with Crippen LogP contribution in [0.5, 0.6) is 0 Å². The van der Waals surface area contributed by atoms with Crippen LogP contribution >= 0.6 is 11.6 Å². The van der Waals surface area contributed by atoms with Crippen LogP contribution in [0.2, 0.25) is 5.02 Å². The molecule has 4 rings (SSSR count). The SMILES string of the molecule is C=CC[C@H]1N(c2ccc(Cl)cc2)C(=O)[C@H]2[C@@H](C(=O)OC)[C@@H]3C=C[C@]21O3. The van der Waals surface area contributed by atoms with Crippen molar-refractivity contribution in [3.63, 3.8) is 0 Å². The van der Waals surface area contributed by atoms with Gasteiger partial charge in [-0.1, -0.05) is 29.8 Å². The van der Waals surface area contributed by atoms with Crippen LogP contribution in [0.15, 0.2) is 49.1 Å². The molecule has 0 N–H and O–H groups in total. The van der Waals surface area contributed by atoms with Crippen LogP contribution in [0, 0.1) is 11.8 Å². The molecule has 3 aliphatic rings. The number of halogens is 1. The Hall–Kier alpha value is -2.11. The highest BCUT2D eigenvalue weighted by atomic mass is 35.5. The Morgan fingerprint density at radius 3 is 2.80 bits per heavy atom. The molecule has 0 saturated carbocycles. The van der Waals surface area contributed by atoms with Gasteiger partial charge in [-0.05, 0) is 30.7 Å². The van der Waals surface area contributed by atoms with E-state index in [0.29, 0.717) is 11.4 Å². The zero-order chi connectivity index (χ0) is 17.8. The average molecular weight is 360 g/mol. The zero-order valence-corrected chi connectivity index (χ0v) is 14.5. The molecule has 2 bridgehead atoms. The highest BCUT2D eigenvalue weighted by Crippen LogP contribution is 2.56. The smallest absolute Gasteiger partial charge is 0.312 e. The van der Waals surface area contributed by atoms with E-state index in [-0.39, 0.29) is 11.9 Å². The molecule has 2 fully saturated rings. The normalized spacial score (nSPS) is 35.1. The first-order valence-electron chi connectivity index (χ1n) is 8.18. The lowest BCUT2D eigenvalue weighted by molar-refractivity contribution is -0.149. The molecule has 3 heterocycles. The highest BCUT2D eigenvalue weighted by Gasteiger charge is 2.71. The maximum Gasteiger partial charge on any atom is 0.312 e. The molecular weight excluding hydrogens is 342 g/mol. The number of anilines is 1. The van der Waals surface area contributed by atoms with Gasteiger partial charge in [0, 0.05) is 10.7 Å². The summed E-state index contributed by atoms with van der Waals surface area (Å²) in [6.45, 7) is 3.82. The van der Waals surface area contributed by atoms with Crippen LogP contribution in [0.25, 0.3) is 0 Å². The van der Waals surface area contributed by atoms with Gasteiger partial charge in [0.25, 0.3) is 0 Å². The minimum Gasteiger partial charge on any atom is -0.469 e. The van der Waals surface area contributed by atoms with E-state index in [2.05, 4.69) is 6.58 Å². The van der Waals surface area contributed by atoms with Gasteiger partial charge in [-0.2, -0.15) is 0 Å². The van der Waals surface area contributed by atoms with Crippen molar-refractivity contribution in [2.45, 2.75) is 24.2 Å². The predicted molar refractivity (Wildman–Crippen MR) is 93.3 cm³/mol. The van der Waals surface area contributed by atoms with Crippen LogP contribution in [-0.4, -0.2) is 36.7 Å². The third-order valence-electron chi connectivity index (χ3n) is 5.39. The molecule has 2 saturated heterocycles. The molecule has 1 aromatic carbocycles. The molecule has 6 heteroatoms. The van der Waals surface area contributed by atoms with Crippen molar-refractivity contribution in [3.05, 3.63) is 54.1 Å². The molecule has 5 nitrogen and oxygen atoms in total. The van der Waals surface area contributed by atoms with Gasteiger partial charge in [0.1, 0.15) is 11.5 Å². The Morgan fingerprint density at radius 1 is 1.44 bits per heavy atom. The topological polar surface area (TPSA) is 55.8 Å². The first kappa shape index (κ1) is 16.4. The summed E-state index contributed by atoms with van der Waals surface area (Å²) in [5.41, 5.74) is -0.0943. The van der Waals surface area contributed by atoms with Gasteiger partial charge in [-0.15, -0.1) is 6.58 Å². The second kappa shape index (κ2) is 5.71. The Morgan fingerprint density at radius 2 is 2.16 bits per heavy atom. The third kappa shape index (κ3) is 2.12. The number of amides is 1. The highest BCUT2D eigenvalue weighted by molar-refractivity contribution is 6.30. The van der Waals surface area contributed by atoms with Gasteiger partial charge in [0.2, 0.25) is 5.91 Å². The van der Waals surface area contributed by atoms with Crippen molar-refractivity contribution in [2.24, 2.45) is 11.8 Å². The van der Waals surface area contributed by atoms with Crippen LogP contribution in [0.4, 0.5) is 5.69 Å². The van der Waals surface area contributed by atoms with E-state index in [1.165, 1.54) is 7.11 Å². The summed E-state index contributed by atoms with van der Waals surface area (Å²) in [5.74, 6) is -1.75. The maximum atomic E-state index is 13.3. The molecule has 1 spiro atoms. The van der Waals surface area contributed by atoms with Crippen molar-refractivity contribution in [1.29, 1.82) is 0 Å². The summed E-state index contributed by atoms with van der Waals surface area (Å²) in [6.07, 6.45) is 5.71. The lowest BCUT2D eigenvalue weighted by Gasteiger charge is -2.32. The van der Waals surface area contributed by atoms with Crippen molar-refractivity contribution in [1.82, 2.24) is 0 Å². The monoisotopic (exact) mass is 359 g/mol. The quantitative estimate of drug-likeness (QED) is 0.612. The molecule has 5 atom stereocenters. The predicted octanol–water partition coefficient (Wildman–Crippen LogP) is 2.74. The van der Waals surface area contributed by atoms with E-state index in [9.17, 15) is 9.59 Å². The Kier molecular flexibility index (Phi) is 3.74. The minimum absolute atomic E-state index is 0.128. The van der Waals surface area contributed by atoms with E-state index in [1.807, 2.05) is 12.2 Å². The second-order valence-corrected chi connectivity index (χ2v) is 6.98. The molecule has 3 aliphatic heterocycles. The van der Waals surface area contributed by atoms with Crippen molar-refractivity contribution in [2.75, 3.05) is 12.0 Å². The number of carbonyl (C=O) groups excluding carboxylic acids is 2. The molecule has 0 aliphatic carbocycles. The van der Waals surface area contributed by atoms with Crippen LogP contribution in [0.1, 0.15) is 6.42 Å². The Bertz CT molecular complexity index is 774.